The van der Waals surface area contributed by atoms with E-state index in [1.165, 1.54) is 12.3 Å². The Morgan fingerprint density at radius 3 is 2.94 bits per heavy atom. The Bertz CT molecular complexity index is 640. The maximum Gasteiger partial charge on any atom is 0.328 e. The number of aromatic nitrogens is 4. The van der Waals surface area contributed by atoms with Gasteiger partial charge in [-0.3, -0.25) is 24.2 Å². The number of rotatable bonds is 4. The van der Waals surface area contributed by atoms with Crippen LogP contribution in [-0.4, -0.2) is 25.7 Å². The standard InChI is InChI=1S/C10H11N5O3/c16-8-1-2-15(10(18)14-8)6-9(17)11-3-7-4-12-13-5-7/h1-2,4-5H,3,6H2,(H,11,17)(H,12,13)(H,14,16,18). The van der Waals surface area contributed by atoms with Crippen molar-refractivity contribution in [3.8, 4) is 0 Å². The normalized spacial score (nSPS) is 10.2. The van der Waals surface area contributed by atoms with Crippen molar-refractivity contribution < 1.29 is 4.79 Å². The van der Waals surface area contributed by atoms with Gasteiger partial charge < -0.3 is 5.32 Å². The first-order chi connectivity index (χ1) is 8.65. The third-order valence-electron chi connectivity index (χ3n) is 2.26. The molecule has 0 saturated heterocycles. The highest BCUT2D eigenvalue weighted by Crippen LogP contribution is 1.91. The monoisotopic (exact) mass is 249 g/mol. The fraction of sp³-hybridized carbons (Fsp3) is 0.200. The lowest BCUT2D eigenvalue weighted by Crippen LogP contribution is -2.35. The summed E-state index contributed by atoms with van der Waals surface area (Å²) in [6.45, 7) is 0.181. The second-order valence-electron chi connectivity index (χ2n) is 3.62. The summed E-state index contributed by atoms with van der Waals surface area (Å²) in [5, 5.41) is 8.98. The van der Waals surface area contributed by atoms with E-state index in [2.05, 4.69) is 20.5 Å². The fourth-order valence-electron chi connectivity index (χ4n) is 1.35. The maximum absolute atomic E-state index is 11.6. The molecule has 0 aliphatic rings. The van der Waals surface area contributed by atoms with Crippen LogP contribution in [0, 0.1) is 0 Å². The quantitative estimate of drug-likeness (QED) is 0.617. The van der Waals surface area contributed by atoms with E-state index in [-0.39, 0.29) is 12.5 Å². The van der Waals surface area contributed by atoms with Crippen LogP contribution in [-0.2, 0) is 17.9 Å². The topological polar surface area (TPSA) is 113 Å². The number of carbonyl (C=O) groups is 1. The smallest absolute Gasteiger partial charge is 0.328 e. The van der Waals surface area contributed by atoms with E-state index in [0.717, 1.165) is 10.1 Å². The van der Waals surface area contributed by atoms with Crippen molar-refractivity contribution in [1.29, 1.82) is 0 Å². The number of hydrogen-bond acceptors (Lipinski definition) is 4. The molecule has 0 bridgehead atoms. The van der Waals surface area contributed by atoms with Crippen LogP contribution < -0.4 is 16.6 Å². The lowest BCUT2D eigenvalue weighted by atomic mass is 10.3. The first kappa shape index (κ1) is 11.8. The third kappa shape index (κ3) is 2.94. The van der Waals surface area contributed by atoms with E-state index in [4.69, 9.17) is 0 Å². The van der Waals surface area contributed by atoms with E-state index < -0.39 is 11.2 Å². The maximum atomic E-state index is 11.6. The number of hydrogen-bond donors (Lipinski definition) is 3. The van der Waals surface area contributed by atoms with Crippen molar-refractivity contribution in [1.82, 2.24) is 25.1 Å². The molecule has 0 spiro atoms. The summed E-state index contributed by atoms with van der Waals surface area (Å²) >= 11 is 0. The summed E-state index contributed by atoms with van der Waals surface area (Å²) in [7, 11) is 0. The molecular weight excluding hydrogens is 238 g/mol. The Morgan fingerprint density at radius 1 is 1.44 bits per heavy atom. The predicted octanol–water partition coefficient (Wildman–Crippen LogP) is -1.42. The van der Waals surface area contributed by atoms with E-state index in [9.17, 15) is 14.4 Å². The molecule has 0 saturated carbocycles. The zero-order valence-corrected chi connectivity index (χ0v) is 9.34. The molecular formula is C10H11N5O3. The van der Waals surface area contributed by atoms with Gasteiger partial charge >= 0.3 is 5.69 Å². The van der Waals surface area contributed by atoms with E-state index >= 15 is 0 Å². The molecule has 2 rings (SSSR count). The van der Waals surface area contributed by atoms with Crippen LogP contribution >= 0.6 is 0 Å². The molecule has 8 nitrogen and oxygen atoms in total. The van der Waals surface area contributed by atoms with Gasteiger partial charge in [0.05, 0.1) is 6.20 Å². The molecule has 0 aliphatic heterocycles. The molecule has 1 amide bonds. The fourth-order valence-corrected chi connectivity index (χ4v) is 1.35. The Kier molecular flexibility index (Phi) is 3.37. The summed E-state index contributed by atoms with van der Waals surface area (Å²) in [6.07, 6.45) is 4.53. The molecule has 94 valence electrons. The largest absolute Gasteiger partial charge is 0.350 e. The zero-order chi connectivity index (χ0) is 13.0. The van der Waals surface area contributed by atoms with Crippen molar-refractivity contribution in [2.45, 2.75) is 13.1 Å². The SMILES string of the molecule is O=C(Cn1ccc(=O)[nH]c1=O)NCc1cn[nH]c1. The van der Waals surface area contributed by atoms with E-state index in [1.807, 2.05) is 0 Å². The number of amides is 1. The van der Waals surface area contributed by atoms with Crippen LogP contribution in [0.4, 0.5) is 0 Å². The van der Waals surface area contributed by atoms with Crippen LogP contribution in [0.1, 0.15) is 5.56 Å². The number of nitrogens with one attached hydrogen (secondary N) is 3. The van der Waals surface area contributed by atoms with Crippen LogP contribution in [0.5, 0.6) is 0 Å². The molecule has 0 unspecified atom stereocenters. The second-order valence-corrected chi connectivity index (χ2v) is 3.62. The molecule has 2 heterocycles. The average molecular weight is 249 g/mol. The van der Waals surface area contributed by atoms with Crippen molar-refractivity contribution in [3.63, 3.8) is 0 Å². The summed E-state index contributed by atoms with van der Waals surface area (Å²) in [5.41, 5.74) is -0.270. The minimum absolute atomic E-state index is 0.145. The summed E-state index contributed by atoms with van der Waals surface area (Å²) < 4.78 is 1.12. The van der Waals surface area contributed by atoms with E-state index in [0.29, 0.717) is 6.54 Å². The number of aromatic amines is 2. The Labute approximate surface area is 101 Å². The van der Waals surface area contributed by atoms with Gasteiger partial charge in [-0.15, -0.1) is 0 Å². The van der Waals surface area contributed by atoms with Crippen LogP contribution in [0.15, 0.2) is 34.2 Å². The lowest BCUT2D eigenvalue weighted by Gasteiger charge is -2.05. The van der Waals surface area contributed by atoms with Gasteiger partial charge in [0.2, 0.25) is 5.91 Å². The molecule has 2 aromatic rings. The number of H-pyrrole nitrogens is 2. The highest BCUT2D eigenvalue weighted by Gasteiger charge is 2.04. The van der Waals surface area contributed by atoms with Gasteiger partial charge in [0.25, 0.3) is 5.56 Å². The average Bonchev–Trinajstić information content (AvgIpc) is 2.83. The molecule has 3 N–H and O–H groups in total. The van der Waals surface area contributed by atoms with Gasteiger partial charge in [-0.2, -0.15) is 5.10 Å². The summed E-state index contributed by atoms with van der Waals surface area (Å²) in [5.74, 6) is -0.328. The third-order valence-corrected chi connectivity index (χ3v) is 2.26. The van der Waals surface area contributed by atoms with Gasteiger partial charge in [-0.05, 0) is 0 Å². The van der Waals surface area contributed by atoms with Gasteiger partial charge in [0, 0.05) is 30.6 Å². The van der Waals surface area contributed by atoms with Gasteiger partial charge in [-0.1, -0.05) is 0 Å². The Hall–Kier alpha value is -2.64. The minimum atomic E-state index is -0.610. The number of carbonyl (C=O) groups excluding carboxylic acids is 1. The highest BCUT2D eigenvalue weighted by molar-refractivity contribution is 5.75. The highest BCUT2D eigenvalue weighted by atomic mass is 16.2. The zero-order valence-electron chi connectivity index (χ0n) is 9.34. The van der Waals surface area contributed by atoms with Crippen molar-refractivity contribution >= 4 is 5.91 Å². The summed E-state index contributed by atoms with van der Waals surface area (Å²) in [6, 6.07) is 1.19. The van der Waals surface area contributed by atoms with Crippen LogP contribution in [0.2, 0.25) is 0 Å². The molecule has 2 aromatic heterocycles. The Morgan fingerprint density at radius 2 is 2.28 bits per heavy atom. The predicted molar refractivity (Wildman–Crippen MR) is 61.8 cm³/mol. The van der Waals surface area contributed by atoms with Crippen molar-refractivity contribution in [3.05, 3.63) is 51.1 Å². The first-order valence-corrected chi connectivity index (χ1v) is 5.19. The van der Waals surface area contributed by atoms with Gasteiger partial charge in [0.15, 0.2) is 0 Å². The molecule has 8 heteroatoms. The van der Waals surface area contributed by atoms with E-state index in [1.54, 1.807) is 12.4 Å². The van der Waals surface area contributed by atoms with Crippen LogP contribution in [0.3, 0.4) is 0 Å². The second kappa shape index (κ2) is 5.13. The number of nitrogens with zero attached hydrogens (tertiary/aromatic N) is 2. The molecule has 0 atom stereocenters. The van der Waals surface area contributed by atoms with Crippen LogP contribution in [0.25, 0.3) is 0 Å². The minimum Gasteiger partial charge on any atom is -0.350 e. The summed E-state index contributed by atoms with van der Waals surface area (Å²) in [4.78, 5) is 35.8. The molecule has 0 aromatic carbocycles. The van der Waals surface area contributed by atoms with Gasteiger partial charge in [-0.25, -0.2) is 4.79 Å². The molecule has 0 fully saturated rings. The first-order valence-electron chi connectivity index (χ1n) is 5.19. The molecule has 0 radical (unpaired) electrons. The molecule has 0 aliphatic carbocycles. The Balaban J connectivity index is 1.95. The lowest BCUT2D eigenvalue weighted by molar-refractivity contribution is -0.121. The molecule has 18 heavy (non-hydrogen) atoms. The van der Waals surface area contributed by atoms with Gasteiger partial charge in [0.1, 0.15) is 6.54 Å². The van der Waals surface area contributed by atoms with Crippen molar-refractivity contribution in [2.24, 2.45) is 0 Å². The van der Waals surface area contributed by atoms with Crippen molar-refractivity contribution in [2.75, 3.05) is 0 Å².